The van der Waals surface area contributed by atoms with Crippen molar-refractivity contribution >= 4 is 22.7 Å². The van der Waals surface area contributed by atoms with Gasteiger partial charge in [-0.15, -0.1) is 0 Å². The smallest absolute Gasteiger partial charge is 0.221 e. The Morgan fingerprint density at radius 1 is 0.786 bits per heavy atom. The van der Waals surface area contributed by atoms with Crippen LogP contribution in [0.25, 0.3) is 22.3 Å². The van der Waals surface area contributed by atoms with E-state index >= 15 is 0 Å². The fourth-order valence-corrected chi connectivity index (χ4v) is 4.22. The van der Waals surface area contributed by atoms with E-state index in [1.807, 2.05) is 24.3 Å². The zero-order valence-corrected chi connectivity index (χ0v) is 16.6. The molecule has 0 radical (unpaired) electrons. The number of benzene rings is 3. The second-order valence-electron chi connectivity index (χ2n) is 8.08. The van der Waals surface area contributed by atoms with E-state index in [0.29, 0.717) is 0 Å². The highest BCUT2D eigenvalue weighted by atomic mass is 16.1. The van der Waals surface area contributed by atoms with E-state index in [0.717, 1.165) is 17.7 Å². The molecule has 140 valence electrons. The second kappa shape index (κ2) is 7.12. The molecule has 0 aromatic heterocycles. The number of allylic oxidation sites excluding steroid dienone is 2. The molecule has 1 aliphatic carbocycles. The van der Waals surface area contributed by atoms with Gasteiger partial charge in [-0.1, -0.05) is 86.6 Å². The van der Waals surface area contributed by atoms with E-state index in [1.165, 1.54) is 27.8 Å². The first-order valence-corrected chi connectivity index (χ1v) is 9.72. The third-order valence-electron chi connectivity index (χ3n) is 5.44. The van der Waals surface area contributed by atoms with Crippen LogP contribution in [0.4, 0.5) is 5.69 Å². The Labute approximate surface area is 166 Å². The molecule has 0 heterocycles. The lowest BCUT2D eigenvalue weighted by atomic mass is 9.62. The summed E-state index contributed by atoms with van der Waals surface area (Å²) in [5, 5.41) is 2.98. The fourth-order valence-electron chi connectivity index (χ4n) is 4.22. The number of para-hydroxylation sites is 1. The molecule has 1 aliphatic rings. The molecule has 3 aromatic rings. The normalized spacial score (nSPS) is 15.1. The van der Waals surface area contributed by atoms with Crippen molar-refractivity contribution in [1.82, 2.24) is 0 Å². The summed E-state index contributed by atoms with van der Waals surface area (Å²) in [5.74, 6) is -0.0413. The van der Waals surface area contributed by atoms with Gasteiger partial charge in [0.1, 0.15) is 0 Å². The topological polar surface area (TPSA) is 29.1 Å². The summed E-state index contributed by atoms with van der Waals surface area (Å²) < 4.78 is 0. The number of hydrogen-bond acceptors (Lipinski definition) is 1. The summed E-state index contributed by atoms with van der Waals surface area (Å²) >= 11 is 0. The van der Waals surface area contributed by atoms with Gasteiger partial charge in [0.2, 0.25) is 5.91 Å². The van der Waals surface area contributed by atoms with E-state index in [2.05, 4.69) is 73.8 Å². The first-order valence-electron chi connectivity index (χ1n) is 9.72. The van der Waals surface area contributed by atoms with Crippen LogP contribution in [0.5, 0.6) is 0 Å². The van der Waals surface area contributed by atoms with Crippen molar-refractivity contribution < 1.29 is 4.79 Å². The van der Waals surface area contributed by atoms with Gasteiger partial charge < -0.3 is 5.32 Å². The van der Waals surface area contributed by atoms with E-state index in [1.54, 1.807) is 6.92 Å². The molecule has 3 aromatic carbocycles. The van der Waals surface area contributed by atoms with Crippen molar-refractivity contribution in [3.63, 3.8) is 0 Å². The Balaban J connectivity index is 1.76. The summed E-state index contributed by atoms with van der Waals surface area (Å²) in [6.07, 6.45) is 0.999. The SMILES string of the molecule is CC(=O)Nc1ccccc1C1=C(c2ccc(-c3ccccc3)cc2)C(C)(C)C1. The van der Waals surface area contributed by atoms with Crippen LogP contribution in [-0.4, -0.2) is 5.91 Å². The van der Waals surface area contributed by atoms with Crippen molar-refractivity contribution in [2.45, 2.75) is 27.2 Å². The van der Waals surface area contributed by atoms with E-state index < -0.39 is 0 Å². The summed E-state index contributed by atoms with van der Waals surface area (Å²) in [7, 11) is 0. The molecule has 0 atom stereocenters. The predicted molar refractivity (Wildman–Crippen MR) is 118 cm³/mol. The maximum Gasteiger partial charge on any atom is 0.221 e. The lowest BCUT2D eigenvalue weighted by Gasteiger charge is -2.42. The van der Waals surface area contributed by atoms with Crippen LogP contribution in [0, 0.1) is 5.41 Å². The number of nitrogens with one attached hydrogen (secondary N) is 1. The van der Waals surface area contributed by atoms with E-state index in [-0.39, 0.29) is 11.3 Å². The molecule has 0 unspecified atom stereocenters. The van der Waals surface area contributed by atoms with Crippen molar-refractivity contribution in [3.8, 4) is 11.1 Å². The molecule has 1 amide bonds. The highest BCUT2D eigenvalue weighted by Gasteiger charge is 2.38. The lowest BCUT2D eigenvalue weighted by Crippen LogP contribution is -2.26. The number of amides is 1. The van der Waals surface area contributed by atoms with Gasteiger partial charge in [0.15, 0.2) is 0 Å². The molecule has 0 fully saturated rings. The van der Waals surface area contributed by atoms with Gasteiger partial charge in [0, 0.05) is 18.2 Å². The number of anilines is 1. The van der Waals surface area contributed by atoms with Crippen molar-refractivity contribution in [3.05, 3.63) is 90.0 Å². The quantitative estimate of drug-likeness (QED) is 0.549. The molecule has 0 bridgehead atoms. The molecule has 0 saturated carbocycles. The Kier molecular flexibility index (Phi) is 4.64. The van der Waals surface area contributed by atoms with E-state index in [4.69, 9.17) is 0 Å². The molecule has 1 N–H and O–H groups in total. The molecule has 28 heavy (non-hydrogen) atoms. The van der Waals surface area contributed by atoms with Gasteiger partial charge in [-0.05, 0) is 45.7 Å². The Bertz CT molecular complexity index is 1040. The minimum atomic E-state index is -0.0413. The summed E-state index contributed by atoms with van der Waals surface area (Å²) in [6.45, 7) is 6.13. The Morgan fingerprint density at radius 3 is 2.00 bits per heavy atom. The largest absolute Gasteiger partial charge is 0.326 e. The van der Waals surface area contributed by atoms with Crippen LogP contribution in [0.3, 0.4) is 0 Å². The van der Waals surface area contributed by atoms with Crippen LogP contribution in [0.1, 0.15) is 38.3 Å². The summed E-state index contributed by atoms with van der Waals surface area (Å²) in [4.78, 5) is 11.6. The number of carbonyl (C=O) groups is 1. The Morgan fingerprint density at radius 2 is 1.36 bits per heavy atom. The standard InChI is InChI=1S/C26H25NO/c1-18(28)27-24-12-8-7-11-22(24)23-17-26(2,3)25(23)21-15-13-20(14-16-21)19-9-5-4-6-10-19/h4-16H,17H2,1-3H3,(H,27,28). The van der Waals surface area contributed by atoms with Gasteiger partial charge in [0.05, 0.1) is 0 Å². The zero-order chi connectivity index (χ0) is 19.7. The van der Waals surface area contributed by atoms with Gasteiger partial charge >= 0.3 is 0 Å². The van der Waals surface area contributed by atoms with Crippen molar-refractivity contribution in [1.29, 1.82) is 0 Å². The molecule has 0 saturated heterocycles. The second-order valence-corrected chi connectivity index (χ2v) is 8.08. The van der Waals surface area contributed by atoms with Gasteiger partial charge in [-0.2, -0.15) is 0 Å². The number of carbonyl (C=O) groups excluding carboxylic acids is 1. The molecule has 2 nitrogen and oxygen atoms in total. The third-order valence-corrected chi connectivity index (χ3v) is 5.44. The Hall–Kier alpha value is -3.13. The van der Waals surface area contributed by atoms with Crippen LogP contribution >= 0.6 is 0 Å². The van der Waals surface area contributed by atoms with Crippen LogP contribution in [0.15, 0.2) is 78.9 Å². The maximum absolute atomic E-state index is 11.6. The van der Waals surface area contributed by atoms with Crippen LogP contribution in [-0.2, 0) is 4.79 Å². The minimum absolute atomic E-state index is 0.0413. The third kappa shape index (κ3) is 3.38. The van der Waals surface area contributed by atoms with Crippen LogP contribution < -0.4 is 5.32 Å². The monoisotopic (exact) mass is 367 g/mol. The van der Waals surface area contributed by atoms with Crippen molar-refractivity contribution in [2.24, 2.45) is 5.41 Å². The first kappa shape index (κ1) is 18.2. The van der Waals surface area contributed by atoms with Crippen LogP contribution in [0.2, 0.25) is 0 Å². The summed E-state index contributed by atoms with van der Waals surface area (Å²) in [5.41, 5.74) is 8.52. The first-order chi connectivity index (χ1) is 13.5. The molecular weight excluding hydrogens is 342 g/mol. The van der Waals surface area contributed by atoms with Crippen molar-refractivity contribution in [2.75, 3.05) is 5.32 Å². The van der Waals surface area contributed by atoms with Gasteiger partial charge in [0.25, 0.3) is 0 Å². The molecule has 4 rings (SSSR count). The molecule has 0 spiro atoms. The molecular formula is C26H25NO. The highest BCUT2D eigenvalue weighted by Crippen LogP contribution is 2.56. The predicted octanol–water partition coefficient (Wildman–Crippen LogP) is 6.65. The number of rotatable bonds is 4. The summed E-state index contributed by atoms with van der Waals surface area (Å²) in [6, 6.07) is 27.4. The van der Waals surface area contributed by atoms with Gasteiger partial charge in [-0.25, -0.2) is 0 Å². The van der Waals surface area contributed by atoms with E-state index in [9.17, 15) is 4.79 Å². The molecule has 0 aliphatic heterocycles. The lowest BCUT2D eigenvalue weighted by molar-refractivity contribution is -0.114. The minimum Gasteiger partial charge on any atom is -0.326 e. The highest BCUT2D eigenvalue weighted by molar-refractivity contribution is 6.04. The molecule has 2 heteroatoms. The average molecular weight is 367 g/mol. The average Bonchev–Trinajstić information content (AvgIpc) is 2.68. The maximum atomic E-state index is 11.6. The number of hydrogen-bond donors (Lipinski definition) is 1. The fraction of sp³-hybridized carbons (Fsp3) is 0.192. The van der Waals surface area contributed by atoms with Gasteiger partial charge in [-0.3, -0.25) is 4.79 Å². The zero-order valence-electron chi connectivity index (χ0n) is 16.6.